The highest BCUT2D eigenvalue weighted by atomic mass is 32.2. The van der Waals surface area contributed by atoms with E-state index in [0.717, 1.165) is 18.5 Å². The first-order valence-electron chi connectivity index (χ1n) is 8.19. The number of rotatable bonds is 2. The van der Waals surface area contributed by atoms with Crippen LogP contribution in [0.2, 0.25) is 0 Å². The fraction of sp³-hybridized carbons (Fsp3) is 0.500. The average molecular weight is 380 g/mol. The number of hydrogen-bond acceptors (Lipinski definition) is 6. The number of nitrogens with zero attached hydrogens (tertiary/aromatic N) is 2. The summed E-state index contributed by atoms with van der Waals surface area (Å²) in [6.45, 7) is 0.176. The van der Waals surface area contributed by atoms with Crippen LogP contribution in [0, 0.1) is 5.92 Å². The van der Waals surface area contributed by atoms with Crippen LogP contribution >= 0.6 is 11.8 Å². The molecule has 1 saturated carbocycles. The van der Waals surface area contributed by atoms with Gasteiger partial charge in [-0.15, -0.1) is 0 Å². The monoisotopic (exact) mass is 380 g/mol. The number of aliphatic imine (C=N–C) groups is 1. The Hall–Kier alpha value is -1.74. The zero-order valence-electron chi connectivity index (χ0n) is 13.3. The molecule has 9 heteroatoms. The number of amides is 1. The smallest absolute Gasteiger partial charge is 0.251 e. The van der Waals surface area contributed by atoms with Gasteiger partial charge in [0.15, 0.2) is 26.5 Å². The Morgan fingerprint density at radius 1 is 1.20 bits per heavy atom. The number of hydrogen-bond donors (Lipinski definition) is 0. The second-order valence-corrected chi connectivity index (χ2v) is 10.1. The van der Waals surface area contributed by atoms with Crippen molar-refractivity contribution in [3.8, 4) is 11.5 Å². The van der Waals surface area contributed by atoms with Crippen molar-refractivity contribution in [2.24, 2.45) is 10.9 Å². The topological polar surface area (TPSA) is 85.3 Å². The third kappa shape index (κ3) is 2.69. The molecule has 1 aliphatic carbocycles. The summed E-state index contributed by atoms with van der Waals surface area (Å²) in [5.74, 6) is 1.43. The normalized spacial score (nSPS) is 30.7. The molecule has 0 aromatic heterocycles. The Morgan fingerprint density at radius 3 is 2.80 bits per heavy atom. The molecule has 1 aromatic carbocycles. The molecule has 25 heavy (non-hydrogen) atoms. The van der Waals surface area contributed by atoms with Gasteiger partial charge in [-0.3, -0.25) is 4.79 Å². The maximum atomic E-state index is 12.2. The first kappa shape index (κ1) is 15.5. The standard InChI is InChI=1S/C16H16N2O5S2/c19-15(9-1-2-9)17-16-18(11-6-25(20,21)7-14(11)24-16)10-3-4-12-13(5-10)23-8-22-12/h3-5,9,11,14H,1-2,6-8H2/t11-,14+/m1/s1. The third-order valence-corrected chi connectivity index (χ3v) is 8.04. The first-order chi connectivity index (χ1) is 12.0. The summed E-state index contributed by atoms with van der Waals surface area (Å²) in [4.78, 5) is 18.4. The molecule has 4 aliphatic rings. The van der Waals surface area contributed by atoms with Gasteiger partial charge in [-0.05, 0) is 25.0 Å². The first-order valence-corrected chi connectivity index (χ1v) is 10.9. The molecule has 3 heterocycles. The summed E-state index contributed by atoms with van der Waals surface area (Å²) in [5, 5.41) is 0.502. The zero-order chi connectivity index (χ0) is 17.2. The number of carbonyl (C=O) groups is 1. The second-order valence-electron chi connectivity index (χ2n) is 6.72. The van der Waals surface area contributed by atoms with Crippen molar-refractivity contribution in [3.63, 3.8) is 0 Å². The average Bonchev–Trinajstić information content (AvgIpc) is 3.13. The molecule has 2 saturated heterocycles. The van der Waals surface area contributed by atoms with Gasteiger partial charge >= 0.3 is 0 Å². The van der Waals surface area contributed by atoms with Crippen LogP contribution < -0.4 is 14.4 Å². The van der Waals surface area contributed by atoms with E-state index in [2.05, 4.69) is 4.99 Å². The van der Waals surface area contributed by atoms with Crippen molar-refractivity contribution < 1.29 is 22.7 Å². The fourth-order valence-corrected chi connectivity index (χ4v) is 7.34. The summed E-state index contributed by atoms with van der Waals surface area (Å²) in [6.07, 6.45) is 1.79. The highest BCUT2D eigenvalue weighted by Crippen LogP contribution is 2.44. The molecule has 1 amide bonds. The Kier molecular flexibility index (Phi) is 3.34. The van der Waals surface area contributed by atoms with Crippen molar-refractivity contribution in [1.82, 2.24) is 0 Å². The van der Waals surface area contributed by atoms with Crippen LogP contribution in [0.5, 0.6) is 11.5 Å². The lowest BCUT2D eigenvalue weighted by atomic mass is 10.2. The van der Waals surface area contributed by atoms with Crippen LogP contribution in [-0.2, 0) is 14.6 Å². The van der Waals surface area contributed by atoms with E-state index in [9.17, 15) is 13.2 Å². The lowest BCUT2D eigenvalue weighted by Crippen LogP contribution is -2.37. The molecule has 132 valence electrons. The molecule has 2 atom stereocenters. The van der Waals surface area contributed by atoms with E-state index in [1.54, 1.807) is 6.07 Å². The lowest BCUT2D eigenvalue weighted by Gasteiger charge is -2.24. The summed E-state index contributed by atoms with van der Waals surface area (Å²) in [7, 11) is -3.07. The van der Waals surface area contributed by atoms with Crippen molar-refractivity contribution in [1.29, 1.82) is 0 Å². The molecule has 0 radical (unpaired) electrons. The van der Waals surface area contributed by atoms with Gasteiger partial charge in [0.25, 0.3) is 5.91 Å². The molecule has 5 rings (SSSR count). The van der Waals surface area contributed by atoms with E-state index in [1.165, 1.54) is 11.8 Å². The number of carbonyl (C=O) groups excluding carboxylic acids is 1. The summed E-state index contributed by atoms with van der Waals surface area (Å²) in [6, 6.07) is 5.28. The van der Waals surface area contributed by atoms with Crippen molar-refractivity contribution >= 4 is 38.4 Å². The van der Waals surface area contributed by atoms with Crippen LogP contribution in [0.3, 0.4) is 0 Å². The Morgan fingerprint density at radius 2 is 2.00 bits per heavy atom. The van der Waals surface area contributed by atoms with Gasteiger partial charge in [0, 0.05) is 22.9 Å². The van der Waals surface area contributed by atoms with Crippen LogP contribution in [0.1, 0.15) is 12.8 Å². The largest absolute Gasteiger partial charge is 0.454 e. The summed E-state index contributed by atoms with van der Waals surface area (Å²) < 4.78 is 34.9. The predicted octanol–water partition coefficient (Wildman–Crippen LogP) is 1.43. The van der Waals surface area contributed by atoms with Gasteiger partial charge in [-0.2, -0.15) is 4.99 Å². The van der Waals surface area contributed by atoms with Gasteiger partial charge in [0.2, 0.25) is 6.79 Å². The minimum atomic E-state index is -3.07. The molecule has 0 spiro atoms. The van der Waals surface area contributed by atoms with Crippen LogP contribution in [0.15, 0.2) is 23.2 Å². The number of thioether (sulfide) groups is 1. The molecule has 0 N–H and O–H groups in total. The molecule has 3 fully saturated rings. The number of fused-ring (bicyclic) bond motifs is 2. The Labute approximate surface area is 149 Å². The van der Waals surface area contributed by atoms with E-state index in [-0.39, 0.29) is 41.4 Å². The maximum Gasteiger partial charge on any atom is 0.251 e. The SMILES string of the molecule is O=C(N=C1S[C@H]2CS(=O)(=O)C[C@H]2N1c1ccc2c(c1)OCO2)C1CC1. The molecular formula is C16H16N2O5S2. The number of ether oxygens (including phenoxy) is 2. The Balaban J connectivity index is 1.54. The molecule has 7 nitrogen and oxygen atoms in total. The van der Waals surface area contributed by atoms with Gasteiger partial charge in [-0.25, -0.2) is 8.42 Å². The molecule has 1 aromatic rings. The Bertz CT molecular complexity index is 894. The van der Waals surface area contributed by atoms with Gasteiger partial charge < -0.3 is 14.4 Å². The molecule has 0 unspecified atom stereocenters. The maximum absolute atomic E-state index is 12.2. The van der Waals surface area contributed by atoms with Crippen LogP contribution in [0.4, 0.5) is 5.69 Å². The van der Waals surface area contributed by atoms with E-state index in [4.69, 9.17) is 9.47 Å². The minimum Gasteiger partial charge on any atom is -0.454 e. The molecule has 0 bridgehead atoms. The quantitative estimate of drug-likeness (QED) is 0.767. The van der Waals surface area contributed by atoms with Crippen molar-refractivity contribution in [3.05, 3.63) is 18.2 Å². The lowest BCUT2D eigenvalue weighted by molar-refractivity contribution is -0.118. The number of anilines is 1. The van der Waals surface area contributed by atoms with Gasteiger partial charge in [0.1, 0.15) is 0 Å². The van der Waals surface area contributed by atoms with E-state index < -0.39 is 9.84 Å². The summed E-state index contributed by atoms with van der Waals surface area (Å²) >= 11 is 1.40. The van der Waals surface area contributed by atoms with Crippen molar-refractivity contribution in [2.45, 2.75) is 24.1 Å². The fourth-order valence-electron chi connectivity index (χ4n) is 3.42. The van der Waals surface area contributed by atoms with Gasteiger partial charge in [0.05, 0.1) is 17.5 Å². The van der Waals surface area contributed by atoms with E-state index >= 15 is 0 Å². The minimum absolute atomic E-state index is 0.0378. The van der Waals surface area contributed by atoms with E-state index in [1.807, 2.05) is 17.0 Å². The molecular weight excluding hydrogens is 364 g/mol. The zero-order valence-corrected chi connectivity index (χ0v) is 14.9. The number of benzene rings is 1. The highest BCUT2D eigenvalue weighted by Gasteiger charge is 2.50. The van der Waals surface area contributed by atoms with Gasteiger partial charge in [-0.1, -0.05) is 11.8 Å². The summed E-state index contributed by atoms with van der Waals surface area (Å²) in [5.41, 5.74) is 0.781. The second kappa shape index (κ2) is 5.38. The molecule has 3 aliphatic heterocycles. The number of sulfone groups is 1. The number of amidine groups is 1. The van der Waals surface area contributed by atoms with Crippen LogP contribution in [0.25, 0.3) is 0 Å². The van der Waals surface area contributed by atoms with Crippen molar-refractivity contribution in [2.75, 3.05) is 23.2 Å². The third-order valence-electron chi connectivity index (χ3n) is 4.83. The predicted molar refractivity (Wildman–Crippen MR) is 94.0 cm³/mol. The highest BCUT2D eigenvalue weighted by molar-refractivity contribution is 8.16. The van der Waals surface area contributed by atoms with E-state index in [0.29, 0.717) is 16.7 Å². The van der Waals surface area contributed by atoms with Crippen LogP contribution in [-0.4, -0.2) is 49.1 Å².